The predicted octanol–water partition coefficient (Wildman–Crippen LogP) is 2.01. The Balaban J connectivity index is 1.98. The summed E-state index contributed by atoms with van der Waals surface area (Å²) in [5, 5.41) is 10.0. The Bertz CT molecular complexity index is 628. The molecule has 22 heavy (non-hydrogen) atoms. The SMILES string of the molecule is COC(=O)C(N)Cc1ccc(OCc2ccccc2)cc1O. The number of methoxy groups -OCH3 is 1. The summed E-state index contributed by atoms with van der Waals surface area (Å²) in [7, 11) is 1.28. The number of carbonyl (C=O) groups is 1. The zero-order chi connectivity index (χ0) is 15.9. The van der Waals surface area contributed by atoms with E-state index in [0.717, 1.165) is 5.56 Å². The number of phenolic OH excluding ortho intramolecular Hbond substituents is 1. The van der Waals surface area contributed by atoms with Crippen molar-refractivity contribution in [3.05, 3.63) is 59.7 Å². The second-order valence-electron chi connectivity index (χ2n) is 4.90. The van der Waals surface area contributed by atoms with Crippen LogP contribution in [0.5, 0.6) is 11.5 Å². The molecule has 0 fully saturated rings. The van der Waals surface area contributed by atoms with Crippen LogP contribution in [0.15, 0.2) is 48.5 Å². The summed E-state index contributed by atoms with van der Waals surface area (Å²) in [6.07, 6.45) is 0.206. The standard InChI is InChI=1S/C17H19NO4/c1-21-17(20)15(18)9-13-7-8-14(10-16(13)19)22-11-12-5-3-2-4-6-12/h2-8,10,15,19H,9,11,18H2,1H3. The highest BCUT2D eigenvalue weighted by Gasteiger charge is 2.16. The number of nitrogens with two attached hydrogens (primary N) is 1. The quantitative estimate of drug-likeness (QED) is 0.798. The lowest BCUT2D eigenvalue weighted by Gasteiger charge is -2.12. The molecule has 3 N–H and O–H groups in total. The molecule has 0 aromatic heterocycles. The summed E-state index contributed by atoms with van der Waals surface area (Å²) < 4.78 is 10.2. The lowest BCUT2D eigenvalue weighted by atomic mass is 10.1. The van der Waals surface area contributed by atoms with E-state index in [1.54, 1.807) is 12.1 Å². The zero-order valence-electron chi connectivity index (χ0n) is 12.4. The molecule has 2 aromatic carbocycles. The number of carbonyl (C=O) groups excluding carboxylic acids is 1. The maximum absolute atomic E-state index is 11.3. The predicted molar refractivity (Wildman–Crippen MR) is 82.6 cm³/mol. The zero-order valence-corrected chi connectivity index (χ0v) is 12.4. The third kappa shape index (κ3) is 4.23. The van der Waals surface area contributed by atoms with Crippen molar-refractivity contribution in [2.75, 3.05) is 7.11 Å². The van der Waals surface area contributed by atoms with Gasteiger partial charge in [0.1, 0.15) is 24.1 Å². The first-order valence-corrected chi connectivity index (χ1v) is 6.92. The molecule has 2 rings (SSSR count). The maximum Gasteiger partial charge on any atom is 0.322 e. The van der Waals surface area contributed by atoms with E-state index in [1.165, 1.54) is 13.2 Å². The van der Waals surface area contributed by atoms with Gasteiger partial charge in [-0.15, -0.1) is 0 Å². The van der Waals surface area contributed by atoms with Gasteiger partial charge < -0.3 is 20.3 Å². The molecular formula is C17H19NO4. The molecule has 2 aromatic rings. The first-order chi connectivity index (χ1) is 10.6. The van der Waals surface area contributed by atoms with E-state index in [1.807, 2.05) is 30.3 Å². The number of aromatic hydroxyl groups is 1. The minimum Gasteiger partial charge on any atom is -0.508 e. The fourth-order valence-corrected chi connectivity index (χ4v) is 2.02. The van der Waals surface area contributed by atoms with Crippen LogP contribution in [0.3, 0.4) is 0 Å². The van der Waals surface area contributed by atoms with Crippen molar-refractivity contribution in [2.24, 2.45) is 5.73 Å². The largest absolute Gasteiger partial charge is 0.508 e. The Morgan fingerprint density at radius 1 is 1.23 bits per heavy atom. The van der Waals surface area contributed by atoms with Gasteiger partial charge in [0, 0.05) is 12.5 Å². The van der Waals surface area contributed by atoms with Crippen molar-refractivity contribution in [1.29, 1.82) is 0 Å². The van der Waals surface area contributed by atoms with Gasteiger partial charge in [-0.25, -0.2) is 0 Å². The highest BCUT2D eigenvalue weighted by atomic mass is 16.5. The summed E-state index contributed by atoms with van der Waals surface area (Å²) >= 11 is 0. The van der Waals surface area contributed by atoms with Crippen LogP contribution in [0.1, 0.15) is 11.1 Å². The summed E-state index contributed by atoms with van der Waals surface area (Å²) in [5.74, 6) is 0.0884. The number of esters is 1. The van der Waals surface area contributed by atoms with E-state index >= 15 is 0 Å². The molecule has 0 heterocycles. The normalized spacial score (nSPS) is 11.7. The molecule has 0 saturated carbocycles. The number of hydrogen-bond acceptors (Lipinski definition) is 5. The minimum atomic E-state index is -0.799. The smallest absolute Gasteiger partial charge is 0.322 e. The topological polar surface area (TPSA) is 81.8 Å². The van der Waals surface area contributed by atoms with Crippen molar-refractivity contribution >= 4 is 5.97 Å². The molecule has 0 aliphatic rings. The first-order valence-electron chi connectivity index (χ1n) is 6.92. The summed E-state index contributed by atoms with van der Waals surface area (Å²) in [5.41, 5.74) is 7.30. The van der Waals surface area contributed by atoms with Crippen molar-refractivity contribution < 1.29 is 19.4 Å². The second-order valence-corrected chi connectivity index (χ2v) is 4.90. The van der Waals surface area contributed by atoms with Crippen LogP contribution in [-0.2, 0) is 22.6 Å². The van der Waals surface area contributed by atoms with E-state index in [4.69, 9.17) is 10.5 Å². The summed E-state index contributed by atoms with van der Waals surface area (Å²) in [4.78, 5) is 11.3. The summed E-state index contributed by atoms with van der Waals surface area (Å²) in [6.45, 7) is 0.418. The molecule has 0 amide bonds. The van der Waals surface area contributed by atoms with Gasteiger partial charge in [0.05, 0.1) is 7.11 Å². The fraction of sp³-hybridized carbons (Fsp3) is 0.235. The molecule has 0 radical (unpaired) electrons. The average molecular weight is 301 g/mol. The molecular weight excluding hydrogens is 282 g/mol. The lowest BCUT2D eigenvalue weighted by molar-refractivity contribution is -0.142. The van der Waals surface area contributed by atoms with Crippen LogP contribution >= 0.6 is 0 Å². The van der Waals surface area contributed by atoms with E-state index in [0.29, 0.717) is 17.9 Å². The molecule has 0 bridgehead atoms. The molecule has 1 unspecified atom stereocenters. The van der Waals surface area contributed by atoms with Crippen LogP contribution in [-0.4, -0.2) is 24.2 Å². The Morgan fingerprint density at radius 3 is 2.59 bits per heavy atom. The molecule has 5 nitrogen and oxygen atoms in total. The molecule has 1 atom stereocenters. The molecule has 0 aliphatic heterocycles. The molecule has 0 aliphatic carbocycles. The highest BCUT2D eigenvalue weighted by Crippen LogP contribution is 2.25. The number of phenols is 1. The lowest BCUT2D eigenvalue weighted by Crippen LogP contribution is -2.33. The monoisotopic (exact) mass is 301 g/mol. The van der Waals surface area contributed by atoms with Crippen LogP contribution < -0.4 is 10.5 Å². The van der Waals surface area contributed by atoms with Crippen LogP contribution in [0, 0.1) is 0 Å². The Hall–Kier alpha value is -2.53. The number of ether oxygens (including phenoxy) is 2. The van der Waals surface area contributed by atoms with Gasteiger partial charge in [-0.1, -0.05) is 36.4 Å². The van der Waals surface area contributed by atoms with Crippen LogP contribution in [0.2, 0.25) is 0 Å². The van der Waals surface area contributed by atoms with Gasteiger partial charge in [0.2, 0.25) is 0 Å². The Kier molecular flexibility index (Phi) is 5.38. The van der Waals surface area contributed by atoms with Crippen molar-refractivity contribution in [3.63, 3.8) is 0 Å². The Morgan fingerprint density at radius 2 is 1.95 bits per heavy atom. The van der Waals surface area contributed by atoms with E-state index in [9.17, 15) is 9.90 Å². The van der Waals surface area contributed by atoms with Crippen molar-refractivity contribution in [2.45, 2.75) is 19.1 Å². The molecule has 5 heteroatoms. The van der Waals surface area contributed by atoms with Gasteiger partial charge in [0.25, 0.3) is 0 Å². The summed E-state index contributed by atoms with van der Waals surface area (Å²) in [6, 6.07) is 13.9. The van der Waals surface area contributed by atoms with E-state index in [2.05, 4.69) is 4.74 Å². The van der Waals surface area contributed by atoms with Crippen LogP contribution in [0.4, 0.5) is 0 Å². The van der Waals surface area contributed by atoms with E-state index < -0.39 is 12.0 Å². The van der Waals surface area contributed by atoms with E-state index in [-0.39, 0.29) is 12.2 Å². The van der Waals surface area contributed by atoms with Gasteiger partial charge >= 0.3 is 5.97 Å². The number of hydrogen-bond donors (Lipinski definition) is 2. The third-order valence-corrected chi connectivity index (χ3v) is 3.25. The van der Waals surface area contributed by atoms with Gasteiger partial charge in [-0.05, 0) is 17.2 Å². The number of rotatable bonds is 6. The average Bonchev–Trinajstić information content (AvgIpc) is 2.55. The molecule has 0 saturated heterocycles. The maximum atomic E-state index is 11.3. The highest BCUT2D eigenvalue weighted by molar-refractivity contribution is 5.75. The van der Waals surface area contributed by atoms with Crippen molar-refractivity contribution in [1.82, 2.24) is 0 Å². The van der Waals surface area contributed by atoms with Gasteiger partial charge in [-0.3, -0.25) is 4.79 Å². The van der Waals surface area contributed by atoms with Gasteiger partial charge in [-0.2, -0.15) is 0 Å². The minimum absolute atomic E-state index is 0.0462. The first kappa shape index (κ1) is 15.9. The molecule has 0 spiro atoms. The second kappa shape index (κ2) is 7.47. The fourth-order valence-electron chi connectivity index (χ4n) is 2.02. The van der Waals surface area contributed by atoms with Crippen molar-refractivity contribution in [3.8, 4) is 11.5 Å². The Labute approximate surface area is 129 Å². The third-order valence-electron chi connectivity index (χ3n) is 3.25. The number of benzene rings is 2. The molecule has 116 valence electrons. The van der Waals surface area contributed by atoms with Gasteiger partial charge in [0.15, 0.2) is 0 Å². The van der Waals surface area contributed by atoms with Crippen LogP contribution in [0.25, 0.3) is 0 Å².